The molecular formula is C17H18ClNO2. The first-order valence-electron chi connectivity index (χ1n) is 6.82. The van der Waals surface area contributed by atoms with Crippen molar-refractivity contribution >= 4 is 17.5 Å². The van der Waals surface area contributed by atoms with E-state index in [-0.39, 0.29) is 5.91 Å². The summed E-state index contributed by atoms with van der Waals surface area (Å²) in [5, 5.41) is 0.444. The van der Waals surface area contributed by atoms with Crippen LogP contribution in [0, 0.1) is 0 Å². The average molecular weight is 304 g/mol. The lowest BCUT2D eigenvalue weighted by atomic mass is 10.1. The molecule has 0 N–H and O–H groups in total. The van der Waals surface area contributed by atoms with E-state index in [1.165, 1.54) is 0 Å². The summed E-state index contributed by atoms with van der Waals surface area (Å²) in [7, 11) is 1.55. The van der Waals surface area contributed by atoms with Crippen LogP contribution in [0.15, 0.2) is 48.5 Å². The summed E-state index contributed by atoms with van der Waals surface area (Å²) in [4.78, 5) is 14.3. The lowest BCUT2D eigenvalue weighted by Gasteiger charge is -2.21. The van der Waals surface area contributed by atoms with Gasteiger partial charge in [0.25, 0.3) is 5.91 Å². The topological polar surface area (TPSA) is 29.5 Å². The highest BCUT2D eigenvalue weighted by Crippen LogP contribution is 2.25. The Labute approximate surface area is 130 Å². The van der Waals surface area contributed by atoms with Crippen molar-refractivity contribution in [3.63, 3.8) is 0 Å². The molecule has 4 heteroatoms. The summed E-state index contributed by atoms with van der Waals surface area (Å²) >= 11 is 6.09. The van der Waals surface area contributed by atoms with Crippen molar-refractivity contribution in [2.75, 3.05) is 13.7 Å². The Balaban J connectivity index is 2.18. The third kappa shape index (κ3) is 3.76. The highest BCUT2D eigenvalue weighted by atomic mass is 35.5. The molecule has 1 amide bonds. The lowest BCUT2D eigenvalue weighted by Crippen LogP contribution is -2.30. The largest absolute Gasteiger partial charge is 0.495 e. The van der Waals surface area contributed by atoms with E-state index in [2.05, 4.69) is 0 Å². The molecule has 0 unspecified atom stereocenters. The molecule has 2 aromatic carbocycles. The summed E-state index contributed by atoms with van der Waals surface area (Å²) in [6, 6.07) is 15.0. The standard InChI is InChI=1S/C17H18ClNO2/c1-3-19(12-13-7-5-4-6-8-13)17(20)14-9-10-16(21-2)15(18)11-14/h4-11H,3,12H2,1-2H3. The lowest BCUT2D eigenvalue weighted by molar-refractivity contribution is 0.0752. The molecule has 0 aliphatic rings. The number of carbonyl (C=O) groups is 1. The Morgan fingerprint density at radius 1 is 1.19 bits per heavy atom. The van der Waals surface area contributed by atoms with Gasteiger partial charge >= 0.3 is 0 Å². The summed E-state index contributed by atoms with van der Waals surface area (Å²) in [5.41, 5.74) is 1.67. The van der Waals surface area contributed by atoms with Crippen molar-refractivity contribution in [1.29, 1.82) is 0 Å². The molecule has 0 aromatic heterocycles. The Kier molecular flexibility index (Phi) is 5.23. The predicted octanol–water partition coefficient (Wildman–Crippen LogP) is 4.01. The monoisotopic (exact) mass is 303 g/mol. The molecule has 110 valence electrons. The maximum Gasteiger partial charge on any atom is 0.254 e. The zero-order valence-corrected chi connectivity index (χ0v) is 12.9. The molecule has 2 rings (SSSR count). The van der Waals surface area contributed by atoms with Gasteiger partial charge in [-0.15, -0.1) is 0 Å². The van der Waals surface area contributed by atoms with Gasteiger partial charge in [0.2, 0.25) is 0 Å². The van der Waals surface area contributed by atoms with Crippen molar-refractivity contribution in [2.24, 2.45) is 0 Å². The molecule has 2 aromatic rings. The number of ether oxygens (including phenoxy) is 1. The Morgan fingerprint density at radius 2 is 1.90 bits per heavy atom. The zero-order chi connectivity index (χ0) is 15.2. The van der Waals surface area contributed by atoms with Gasteiger partial charge in [0.15, 0.2) is 0 Å². The van der Waals surface area contributed by atoms with Gasteiger partial charge in [0, 0.05) is 18.7 Å². The minimum atomic E-state index is -0.0362. The van der Waals surface area contributed by atoms with Crippen LogP contribution in [0.5, 0.6) is 5.75 Å². The molecule has 0 spiro atoms. The zero-order valence-electron chi connectivity index (χ0n) is 12.2. The molecule has 0 saturated carbocycles. The fourth-order valence-corrected chi connectivity index (χ4v) is 2.37. The van der Waals surface area contributed by atoms with Crippen LogP contribution in [0.2, 0.25) is 5.02 Å². The van der Waals surface area contributed by atoms with Gasteiger partial charge in [0.05, 0.1) is 12.1 Å². The molecule has 0 atom stereocenters. The van der Waals surface area contributed by atoms with E-state index in [4.69, 9.17) is 16.3 Å². The predicted molar refractivity (Wildman–Crippen MR) is 84.9 cm³/mol. The van der Waals surface area contributed by atoms with Gasteiger partial charge in [-0.2, -0.15) is 0 Å². The summed E-state index contributed by atoms with van der Waals surface area (Å²) in [6.07, 6.45) is 0. The SMILES string of the molecule is CCN(Cc1ccccc1)C(=O)c1ccc(OC)c(Cl)c1. The fourth-order valence-electron chi connectivity index (χ4n) is 2.11. The number of amides is 1. The molecule has 0 saturated heterocycles. The number of rotatable bonds is 5. The van der Waals surface area contributed by atoms with E-state index in [1.54, 1.807) is 30.2 Å². The maximum atomic E-state index is 12.6. The number of halogens is 1. The van der Waals surface area contributed by atoms with E-state index in [0.717, 1.165) is 5.56 Å². The van der Waals surface area contributed by atoms with Gasteiger partial charge in [-0.1, -0.05) is 41.9 Å². The normalized spacial score (nSPS) is 10.2. The number of hydrogen-bond donors (Lipinski definition) is 0. The first-order chi connectivity index (χ1) is 10.2. The van der Waals surface area contributed by atoms with Gasteiger partial charge < -0.3 is 9.64 Å². The van der Waals surface area contributed by atoms with Gasteiger partial charge in [-0.05, 0) is 30.7 Å². The second-order valence-corrected chi connectivity index (χ2v) is 5.06. The third-order valence-corrected chi connectivity index (χ3v) is 3.58. The minimum Gasteiger partial charge on any atom is -0.495 e. The molecule has 0 bridgehead atoms. The van der Waals surface area contributed by atoms with Crippen LogP contribution in [0.4, 0.5) is 0 Å². The Hall–Kier alpha value is -2.00. The quantitative estimate of drug-likeness (QED) is 0.835. The Bertz CT molecular complexity index is 613. The van der Waals surface area contributed by atoms with E-state index in [0.29, 0.717) is 29.4 Å². The third-order valence-electron chi connectivity index (χ3n) is 3.28. The number of methoxy groups -OCH3 is 1. The first kappa shape index (κ1) is 15.4. The van der Waals surface area contributed by atoms with Crippen molar-refractivity contribution in [1.82, 2.24) is 4.90 Å². The fraction of sp³-hybridized carbons (Fsp3) is 0.235. The van der Waals surface area contributed by atoms with Crippen molar-refractivity contribution < 1.29 is 9.53 Å². The van der Waals surface area contributed by atoms with Crippen molar-refractivity contribution in [3.8, 4) is 5.75 Å². The molecule has 0 aliphatic carbocycles. The second-order valence-electron chi connectivity index (χ2n) is 4.65. The average Bonchev–Trinajstić information content (AvgIpc) is 2.53. The van der Waals surface area contributed by atoms with E-state index >= 15 is 0 Å². The van der Waals surface area contributed by atoms with Gasteiger partial charge in [0.1, 0.15) is 5.75 Å². The van der Waals surface area contributed by atoms with Gasteiger partial charge in [-0.3, -0.25) is 4.79 Å². The molecule has 0 radical (unpaired) electrons. The Morgan fingerprint density at radius 3 is 2.48 bits per heavy atom. The van der Waals surface area contributed by atoms with Gasteiger partial charge in [-0.25, -0.2) is 0 Å². The van der Waals surface area contributed by atoms with Crippen LogP contribution in [-0.4, -0.2) is 24.5 Å². The summed E-state index contributed by atoms with van der Waals surface area (Å²) < 4.78 is 5.11. The molecular weight excluding hydrogens is 286 g/mol. The molecule has 3 nitrogen and oxygen atoms in total. The first-order valence-corrected chi connectivity index (χ1v) is 7.20. The maximum absolute atomic E-state index is 12.6. The van der Waals surface area contributed by atoms with Crippen LogP contribution in [-0.2, 0) is 6.54 Å². The minimum absolute atomic E-state index is 0.0362. The van der Waals surface area contributed by atoms with Crippen molar-refractivity contribution in [2.45, 2.75) is 13.5 Å². The summed E-state index contributed by atoms with van der Waals surface area (Å²) in [6.45, 7) is 3.18. The van der Waals surface area contributed by atoms with Crippen LogP contribution >= 0.6 is 11.6 Å². The number of hydrogen-bond acceptors (Lipinski definition) is 2. The number of nitrogens with zero attached hydrogens (tertiary/aromatic N) is 1. The van der Waals surface area contributed by atoms with Crippen LogP contribution < -0.4 is 4.74 Å². The number of carbonyl (C=O) groups excluding carboxylic acids is 1. The van der Waals surface area contributed by atoms with E-state index in [9.17, 15) is 4.79 Å². The highest BCUT2D eigenvalue weighted by molar-refractivity contribution is 6.32. The molecule has 0 fully saturated rings. The smallest absolute Gasteiger partial charge is 0.254 e. The second kappa shape index (κ2) is 7.14. The molecule has 0 aliphatic heterocycles. The van der Waals surface area contributed by atoms with Crippen LogP contribution in [0.3, 0.4) is 0 Å². The van der Waals surface area contributed by atoms with Crippen LogP contribution in [0.25, 0.3) is 0 Å². The van der Waals surface area contributed by atoms with E-state index < -0.39 is 0 Å². The van der Waals surface area contributed by atoms with Crippen molar-refractivity contribution in [3.05, 3.63) is 64.7 Å². The number of benzene rings is 2. The van der Waals surface area contributed by atoms with Crippen LogP contribution in [0.1, 0.15) is 22.8 Å². The molecule has 0 heterocycles. The highest BCUT2D eigenvalue weighted by Gasteiger charge is 2.16. The van der Waals surface area contributed by atoms with E-state index in [1.807, 2.05) is 37.3 Å². The summed E-state index contributed by atoms with van der Waals surface area (Å²) in [5.74, 6) is 0.533. The molecule has 21 heavy (non-hydrogen) atoms.